The molecule has 3 aromatic rings. The zero-order valence-corrected chi connectivity index (χ0v) is 15.3. The Kier molecular flexibility index (Phi) is 5.80. The van der Waals surface area contributed by atoms with Crippen LogP contribution in [-0.4, -0.2) is 21.1 Å². The molecule has 0 radical (unpaired) electrons. The van der Waals surface area contributed by atoms with Crippen LogP contribution in [0, 0.1) is 0 Å². The minimum atomic E-state index is 0.344. The number of nitrogens with zero attached hydrogens (tertiary/aromatic N) is 4. The van der Waals surface area contributed by atoms with Crippen molar-refractivity contribution in [2.24, 2.45) is 5.10 Å². The molecule has 9 heteroatoms. The highest BCUT2D eigenvalue weighted by atomic mass is 35.5. The first-order valence-corrected chi connectivity index (χ1v) is 8.98. The molecular formula is C16H14Cl2N6S. The zero-order valence-electron chi connectivity index (χ0n) is 12.9. The van der Waals surface area contributed by atoms with E-state index in [2.05, 4.69) is 20.7 Å². The summed E-state index contributed by atoms with van der Waals surface area (Å²) in [5.41, 5.74) is 4.74. The van der Waals surface area contributed by atoms with Crippen LogP contribution in [0.15, 0.2) is 58.8 Å². The SMILES string of the molecule is Nn1c(N/N=C/c2cccc(Cl)c2)nnc1SCc1ccc(Cl)cc1. The van der Waals surface area contributed by atoms with Crippen molar-refractivity contribution in [3.8, 4) is 0 Å². The maximum Gasteiger partial charge on any atom is 0.264 e. The number of hydrogen-bond acceptors (Lipinski definition) is 6. The van der Waals surface area contributed by atoms with Gasteiger partial charge in [-0.15, -0.1) is 10.2 Å². The standard InChI is InChI=1S/C16H14Cl2N6S/c17-13-6-4-11(5-7-13)10-25-16-23-22-15(24(16)19)21-20-9-12-2-1-3-14(18)8-12/h1-9H,10,19H2,(H,21,22)/b20-9+. The monoisotopic (exact) mass is 392 g/mol. The fourth-order valence-electron chi connectivity index (χ4n) is 1.93. The minimum Gasteiger partial charge on any atom is -0.334 e. The molecule has 0 unspecified atom stereocenters. The summed E-state index contributed by atoms with van der Waals surface area (Å²) in [6, 6.07) is 14.9. The van der Waals surface area contributed by atoms with Crippen molar-refractivity contribution < 1.29 is 0 Å². The van der Waals surface area contributed by atoms with Crippen molar-refractivity contribution in [3.05, 3.63) is 69.7 Å². The zero-order chi connectivity index (χ0) is 17.6. The van der Waals surface area contributed by atoms with E-state index in [1.54, 1.807) is 18.3 Å². The van der Waals surface area contributed by atoms with E-state index in [0.29, 0.717) is 26.9 Å². The average Bonchev–Trinajstić information content (AvgIpc) is 2.95. The second-order valence-corrected chi connectivity index (χ2v) is 6.83. The van der Waals surface area contributed by atoms with Gasteiger partial charge < -0.3 is 5.84 Å². The number of aromatic nitrogens is 3. The topological polar surface area (TPSA) is 81.1 Å². The number of anilines is 1. The summed E-state index contributed by atoms with van der Waals surface area (Å²) in [4.78, 5) is 0. The number of benzene rings is 2. The van der Waals surface area contributed by atoms with Gasteiger partial charge in [0.1, 0.15) is 0 Å². The number of halogens is 2. The van der Waals surface area contributed by atoms with E-state index >= 15 is 0 Å². The molecule has 1 aromatic heterocycles. The van der Waals surface area contributed by atoms with E-state index in [1.165, 1.54) is 16.4 Å². The van der Waals surface area contributed by atoms with E-state index in [-0.39, 0.29) is 0 Å². The quantitative estimate of drug-likeness (QED) is 0.286. The van der Waals surface area contributed by atoms with Gasteiger partial charge in [0.25, 0.3) is 5.95 Å². The van der Waals surface area contributed by atoms with Crippen LogP contribution in [-0.2, 0) is 5.75 Å². The Hall–Kier alpha value is -2.22. The Labute approximate surface area is 159 Å². The normalized spacial score (nSPS) is 11.1. The van der Waals surface area contributed by atoms with Gasteiger partial charge in [0, 0.05) is 15.8 Å². The molecule has 0 amide bonds. The highest BCUT2D eigenvalue weighted by Gasteiger charge is 2.09. The van der Waals surface area contributed by atoms with E-state index in [4.69, 9.17) is 29.0 Å². The lowest BCUT2D eigenvalue weighted by Gasteiger charge is -2.03. The summed E-state index contributed by atoms with van der Waals surface area (Å²) in [5, 5.41) is 14.1. The molecule has 0 aliphatic carbocycles. The molecule has 3 rings (SSSR count). The fraction of sp³-hybridized carbons (Fsp3) is 0.0625. The van der Waals surface area contributed by atoms with Crippen molar-refractivity contribution in [2.45, 2.75) is 10.9 Å². The van der Waals surface area contributed by atoms with Gasteiger partial charge in [-0.2, -0.15) is 5.10 Å². The van der Waals surface area contributed by atoms with Crippen molar-refractivity contribution in [1.29, 1.82) is 0 Å². The largest absolute Gasteiger partial charge is 0.334 e. The molecule has 2 aromatic carbocycles. The van der Waals surface area contributed by atoms with Gasteiger partial charge in [0.05, 0.1) is 6.21 Å². The lowest BCUT2D eigenvalue weighted by atomic mass is 10.2. The molecule has 0 aliphatic rings. The molecular weight excluding hydrogens is 379 g/mol. The number of thioether (sulfide) groups is 1. The fourth-order valence-corrected chi connectivity index (χ4v) is 3.07. The molecule has 0 bridgehead atoms. The Morgan fingerprint density at radius 3 is 2.68 bits per heavy atom. The van der Waals surface area contributed by atoms with E-state index < -0.39 is 0 Å². The van der Waals surface area contributed by atoms with Gasteiger partial charge in [-0.25, -0.2) is 10.1 Å². The summed E-state index contributed by atoms with van der Waals surface area (Å²) in [5.74, 6) is 7.04. The second kappa shape index (κ2) is 8.24. The van der Waals surface area contributed by atoms with Gasteiger partial charge in [-0.3, -0.25) is 0 Å². The van der Waals surface area contributed by atoms with Crippen LogP contribution >= 0.6 is 35.0 Å². The lowest BCUT2D eigenvalue weighted by Crippen LogP contribution is -2.13. The molecule has 6 nitrogen and oxygen atoms in total. The third kappa shape index (κ3) is 4.88. The number of nitrogens with two attached hydrogens (primary N) is 1. The Morgan fingerprint density at radius 2 is 1.92 bits per heavy atom. The van der Waals surface area contributed by atoms with Crippen molar-refractivity contribution in [1.82, 2.24) is 14.9 Å². The van der Waals surface area contributed by atoms with Gasteiger partial charge in [-0.05, 0) is 35.4 Å². The van der Waals surface area contributed by atoms with Crippen LogP contribution in [0.3, 0.4) is 0 Å². The van der Waals surface area contributed by atoms with Crippen LogP contribution in [0.1, 0.15) is 11.1 Å². The first-order valence-electron chi connectivity index (χ1n) is 7.24. The van der Waals surface area contributed by atoms with Gasteiger partial charge >= 0.3 is 0 Å². The van der Waals surface area contributed by atoms with Crippen molar-refractivity contribution >= 4 is 47.1 Å². The predicted molar refractivity (Wildman–Crippen MR) is 104 cm³/mol. The molecule has 25 heavy (non-hydrogen) atoms. The number of rotatable bonds is 6. The molecule has 0 saturated heterocycles. The third-order valence-corrected chi connectivity index (χ3v) is 4.67. The first-order chi connectivity index (χ1) is 12.1. The van der Waals surface area contributed by atoms with E-state index in [9.17, 15) is 0 Å². The second-order valence-electron chi connectivity index (χ2n) is 5.02. The Bertz CT molecular complexity index is 879. The summed E-state index contributed by atoms with van der Waals surface area (Å²) < 4.78 is 1.36. The first kappa shape index (κ1) is 17.6. The van der Waals surface area contributed by atoms with E-state index in [0.717, 1.165) is 11.1 Å². The molecule has 0 spiro atoms. The summed E-state index contributed by atoms with van der Waals surface area (Å²) in [6.45, 7) is 0. The number of nitrogens with one attached hydrogen (secondary N) is 1. The predicted octanol–water partition coefficient (Wildman–Crippen LogP) is 4.04. The van der Waals surface area contributed by atoms with Gasteiger partial charge in [0.15, 0.2) is 0 Å². The van der Waals surface area contributed by atoms with Crippen molar-refractivity contribution in [2.75, 3.05) is 11.3 Å². The maximum atomic E-state index is 5.99. The smallest absolute Gasteiger partial charge is 0.264 e. The number of nitrogen functional groups attached to an aromatic ring is 1. The number of hydrogen-bond donors (Lipinski definition) is 2. The highest BCUT2D eigenvalue weighted by molar-refractivity contribution is 7.98. The molecule has 0 saturated carbocycles. The number of hydrazone groups is 1. The van der Waals surface area contributed by atoms with Crippen LogP contribution in [0.25, 0.3) is 0 Å². The molecule has 0 atom stereocenters. The van der Waals surface area contributed by atoms with Crippen LogP contribution in [0.5, 0.6) is 0 Å². The molecule has 128 valence electrons. The van der Waals surface area contributed by atoms with Gasteiger partial charge in [0.2, 0.25) is 5.16 Å². The Morgan fingerprint density at radius 1 is 1.12 bits per heavy atom. The average molecular weight is 393 g/mol. The van der Waals surface area contributed by atoms with Crippen LogP contribution < -0.4 is 11.3 Å². The highest BCUT2D eigenvalue weighted by Crippen LogP contribution is 2.22. The summed E-state index contributed by atoms with van der Waals surface area (Å²) in [7, 11) is 0. The lowest BCUT2D eigenvalue weighted by molar-refractivity contribution is 0.847. The minimum absolute atomic E-state index is 0.344. The molecule has 3 N–H and O–H groups in total. The summed E-state index contributed by atoms with van der Waals surface area (Å²) in [6.07, 6.45) is 1.63. The summed E-state index contributed by atoms with van der Waals surface area (Å²) >= 11 is 13.3. The molecule has 0 fully saturated rings. The van der Waals surface area contributed by atoms with Crippen molar-refractivity contribution in [3.63, 3.8) is 0 Å². The van der Waals surface area contributed by atoms with Gasteiger partial charge in [-0.1, -0.05) is 59.2 Å². The third-order valence-electron chi connectivity index (χ3n) is 3.17. The van der Waals surface area contributed by atoms with Crippen LogP contribution in [0.2, 0.25) is 10.0 Å². The Balaban J connectivity index is 1.60. The maximum absolute atomic E-state index is 5.99. The molecule has 1 heterocycles. The molecule has 0 aliphatic heterocycles. The van der Waals surface area contributed by atoms with Crippen LogP contribution in [0.4, 0.5) is 5.95 Å². The van der Waals surface area contributed by atoms with E-state index in [1.807, 2.05) is 36.4 Å².